The number of carbonyl (C=O) groups is 1. The molecule has 0 aromatic heterocycles. The Morgan fingerprint density at radius 1 is 1.64 bits per heavy atom. The van der Waals surface area contributed by atoms with Crippen LogP contribution < -0.4 is 0 Å². The van der Waals surface area contributed by atoms with Crippen LogP contribution >= 0.6 is 0 Å². The number of likely N-dealkylation sites (tertiary alicyclic amines) is 1. The molecule has 1 heterocycles. The number of amides is 1. The zero-order valence-corrected chi connectivity index (χ0v) is 5.77. The van der Waals surface area contributed by atoms with E-state index in [0.717, 1.165) is 4.90 Å². The van der Waals surface area contributed by atoms with E-state index in [0.29, 0.717) is 0 Å². The van der Waals surface area contributed by atoms with Crippen LogP contribution in [-0.2, 0) is 4.79 Å². The normalized spacial score (nSPS) is 25.3. The third kappa shape index (κ3) is 1.64. The van der Waals surface area contributed by atoms with E-state index in [4.69, 9.17) is 0 Å². The first-order valence-electron chi connectivity index (χ1n) is 3.27. The van der Waals surface area contributed by atoms with Crippen LogP contribution in [0.1, 0.15) is 6.42 Å². The molecule has 1 amide bonds. The molecule has 1 saturated heterocycles. The third-order valence-corrected chi connectivity index (χ3v) is 1.75. The predicted octanol–water partition coefficient (Wildman–Crippen LogP) is 1.03. The third-order valence-electron chi connectivity index (χ3n) is 1.75. The van der Waals surface area contributed by atoms with Crippen LogP contribution in [0, 0.1) is 5.92 Å². The number of carbonyl (C=O) groups excluding carboxylic acids is 1. The van der Waals surface area contributed by atoms with Crippen LogP contribution in [-0.4, -0.2) is 30.6 Å². The maximum Gasteiger partial charge on any atom is 0.243 e. The van der Waals surface area contributed by atoms with E-state index in [1.54, 1.807) is 0 Å². The Morgan fingerprint density at radius 3 is 2.55 bits per heavy atom. The summed E-state index contributed by atoms with van der Waals surface area (Å²) in [5.74, 6) is -1.49. The highest BCUT2D eigenvalue weighted by atomic mass is 19.3. The molecular weight excluding hydrogens is 159 g/mol. The maximum atomic E-state index is 11.9. The van der Waals surface area contributed by atoms with E-state index >= 15 is 0 Å². The lowest BCUT2D eigenvalue weighted by atomic mass is 10.1. The van der Waals surface area contributed by atoms with Crippen molar-refractivity contribution < 1.29 is 18.0 Å². The second-order valence-corrected chi connectivity index (χ2v) is 2.53. The van der Waals surface area contributed by atoms with Crippen molar-refractivity contribution in [3.63, 3.8) is 0 Å². The fraction of sp³-hybridized carbons (Fsp3) is 0.833. The first-order valence-corrected chi connectivity index (χ1v) is 3.27. The Morgan fingerprint density at radius 2 is 2.27 bits per heavy atom. The van der Waals surface area contributed by atoms with Gasteiger partial charge in [-0.2, -0.15) is 0 Å². The first kappa shape index (κ1) is 8.36. The highest BCUT2D eigenvalue weighted by molar-refractivity contribution is 5.78. The van der Waals surface area contributed by atoms with Crippen molar-refractivity contribution in [2.45, 2.75) is 12.8 Å². The molecule has 1 aliphatic heterocycles. The van der Waals surface area contributed by atoms with Gasteiger partial charge in [-0.15, -0.1) is 0 Å². The SMILES string of the molecule is O=C1CC(C(F)F)CN1CF. The van der Waals surface area contributed by atoms with E-state index in [1.165, 1.54) is 0 Å². The summed E-state index contributed by atoms with van der Waals surface area (Å²) in [7, 11) is 0. The molecule has 0 aromatic rings. The summed E-state index contributed by atoms with van der Waals surface area (Å²) in [6.07, 6.45) is -2.74. The quantitative estimate of drug-likeness (QED) is 0.562. The van der Waals surface area contributed by atoms with Gasteiger partial charge in [0.2, 0.25) is 12.3 Å². The molecule has 0 spiro atoms. The minimum Gasteiger partial charge on any atom is -0.314 e. The lowest BCUT2D eigenvalue weighted by Crippen LogP contribution is -2.24. The molecule has 5 heteroatoms. The average Bonchev–Trinajstić information content (AvgIpc) is 2.31. The van der Waals surface area contributed by atoms with Gasteiger partial charge in [0.15, 0.2) is 6.80 Å². The molecule has 1 aliphatic rings. The number of alkyl halides is 3. The number of hydrogen-bond acceptors (Lipinski definition) is 1. The van der Waals surface area contributed by atoms with Gasteiger partial charge in [-0.3, -0.25) is 4.79 Å². The summed E-state index contributed by atoms with van der Waals surface area (Å²) < 4.78 is 35.7. The minimum absolute atomic E-state index is 0.146. The van der Waals surface area contributed by atoms with Gasteiger partial charge in [0.1, 0.15) is 0 Å². The van der Waals surface area contributed by atoms with Crippen molar-refractivity contribution in [2.75, 3.05) is 13.3 Å². The Hall–Kier alpha value is -0.740. The summed E-state index contributed by atoms with van der Waals surface area (Å²) in [6.45, 7) is -1.10. The fourth-order valence-corrected chi connectivity index (χ4v) is 1.09. The molecule has 0 radical (unpaired) electrons. The first-order chi connectivity index (χ1) is 5.15. The topological polar surface area (TPSA) is 20.3 Å². The van der Waals surface area contributed by atoms with Gasteiger partial charge in [-0.1, -0.05) is 0 Å². The predicted molar refractivity (Wildman–Crippen MR) is 31.8 cm³/mol. The van der Waals surface area contributed by atoms with Gasteiger partial charge < -0.3 is 4.90 Å². The molecule has 0 N–H and O–H groups in total. The molecule has 2 nitrogen and oxygen atoms in total. The zero-order valence-electron chi connectivity index (χ0n) is 5.77. The fourth-order valence-electron chi connectivity index (χ4n) is 1.09. The van der Waals surface area contributed by atoms with Crippen molar-refractivity contribution in [1.82, 2.24) is 4.90 Å². The molecule has 0 saturated carbocycles. The van der Waals surface area contributed by atoms with E-state index in [2.05, 4.69) is 0 Å². The molecule has 11 heavy (non-hydrogen) atoms. The molecule has 0 aliphatic carbocycles. The van der Waals surface area contributed by atoms with Crippen LogP contribution in [0.25, 0.3) is 0 Å². The van der Waals surface area contributed by atoms with Gasteiger partial charge in [-0.05, 0) is 0 Å². The monoisotopic (exact) mass is 167 g/mol. The van der Waals surface area contributed by atoms with E-state index in [9.17, 15) is 18.0 Å². The molecule has 0 aromatic carbocycles. The molecule has 64 valence electrons. The minimum atomic E-state index is -2.52. The lowest BCUT2D eigenvalue weighted by Gasteiger charge is -2.10. The summed E-state index contributed by atoms with van der Waals surface area (Å²) in [5.41, 5.74) is 0. The van der Waals surface area contributed by atoms with E-state index < -0.39 is 25.0 Å². The van der Waals surface area contributed by atoms with Crippen molar-refractivity contribution >= 4 is 5.91 Å². The Balaban J connectivity index is 2.49. The standard InChI is InChI=1S/C6H8F3NO/c7-3-10-2-4(6(8)9)1-5(10)11/h4,6H,1-3H2. The Labute approximate surface area is 62.0 Å². The molecule has 1 rings (SSSR count). The second-order valence-electron chi connectivity index (χ2n) is 2.53. The maximum absolute atomic E-state index is 11.9. The number of rotatable bonds is 2. The van der Waals surface area contributed by atoms with Gasteiger partial charge in [0.25, 0.3) is 0 Å². The molecular formula is C6H8F3NO. The molecule has 1 fully saturated rings. The van der Waals surface area contributed by atoms with Crippen LogP contribution in [0.2, 0.25) is 0 Å². The Kier molecular flexibility index (Phi) is 2.36. The highest BCUT2D eigenvalue weighted by Crippen LogP contribution is 2.23. The van der Waals surface area contributed by atoms with Crippen LogP contribution in [0.3, 0.4) is 0 Å². The van der Waals surface area contributed by atoms with Gasteiger partial charge in [0, 0.05) is 18.9 Å². The van der Waals surface area contributed by atoms with Crippen LogP contribution in [0.5, 0.6) is 0 Å². The van der Waals surface area contributed by atoms with Gasteiger partial charge in [0.05, 0.1) is 0 Å². The van der Waals surface area contributed by atoms with Crippen molar-refractivity contribution in [1.29, 1.82) is 0 Å². The van der Waals surface area contributed by atoms with Gasteiger partial charge >= 0.3 is 0 Å². The summed E-state index contributed by atoms with van der Waals surface area (Å²) >= 11 is 0. The number of nitrogens with zero attached hydrogens (tertiary/aromatic N) is 1. The summed E-state index contributed by atoms with van der Waals surface area (Å²) in [5, 5.41) is 0. The number of hydrogen-bond donors (Lipinski definition) is 0. The van der Waals surface area contributed by atoms with Crippen LogP contribution in [0.4, 0.5) is 13.2 Å². The average molecular weight is 167 g/mol. The summed E-state index contributed by atoms with van der Waals surface area (Å²) in [6, 6.07) is 0. The summed E-state index contributed by atoms with van der Waals surface area (Å²) in [4.78, 5) is 11.5. The second kappa shape index (κ2) is 3.11. The van der Waals surface area contributed by atoms with E-state index in [1.807, 2.05) is 0 Å². The van der Waals surface area contributed by atoms with Gasteiger partial charge in [-0.25, -0.2) is 13.2 Å². The molecule has 1 atom stereocenters. The Bertz CT molecular complexity index is 162. The molecule has 0 bridgehead atoms. The largest absolute Gasteiger partial charge is 0.314 e. The zero-order chi connectivity index (χ0) is 8.43. The lowest BCUT2D eigenvalue weighted by molar-refractivity contribution is -0.129. The number of halogens is 3. The van der Waals surface area contributed by atoms with Crippen molar-refractivity contribution in [3.8, 4) is 0 Å². The van der Waals surface area contributed by atoms with E-state index in [-0.39, 0.29) is 13.0 Å². The smallest absolute Gasteiger partial charge is 0.243 e. The van der Waals surface area contributed by atoms with Crippen molar-refractivity contribution in [3.05, 3.63) is 0 Å². The van der Waals surface area contributed by atoms with Crippen molar-refractivity contribution in [2.24, 2.45) is 5.92 Å². The highest BCUT2D eigenvalue weighted by Gasteiger charge is 2.34. The molecule has 1 unspecified atom stereocenters. The van der Waals surface area contributed by atoms with Crippen LogP contribution in [0.15, 0.2) is 0 Å².